The second-order valence-corrected chi connectivity index (χ2v) is 8.47. The zero-order chi connectivity index (χ0) is 20.1. The lowest BCUT2D eigenvalue weighted by atomic mass is 9.92. The highest BCUT2D eigenvalue weighted by Crippen LogP contribution is 2.36. The minimum Gasteiger partial charge on any atom is -0.383 e. The Balaban J connectivity index is 1.92. The molecule has 1 N–H and O–H groups in total. The van der Waals surface area contributed by atoms with Gasteiger partial charge in [-0.3, -0.25) is 4.79 Å². The van der Waals surface area contributed by atoms with Crippen molar-refractivity contribution in [2.24, 2.45) is 0 Å². The lowest BCUT2D eigenvalue weighted by Crippen LogP contribution is -2.42. The average Bonchev–Trinajstić information content (AvgIpc) is 2.68. The molecule has 2 aromatic carbocycles. The maximum atomic E-state index is 13.2. The van der Waals surface area contributed by atoms with Crippen LogP contribution in [0.3, 0.4) is 0 Å². The van der Waals surface area contributed by atoms with Crippen molar-refractivity contribution in [3.8, 4) is 0 Å². The first-order valence-corrected chi connectivity index (χ1v) is 10.5. The van der Waals surface area contributed by atoms with Crippen LogP contribution in [0.4, 0.5) is 4.39 Å². The maximum Gasteiger partial charge on any atom is 0.243 e. The van der Waals surface area contributed by atoms with Crippen molar-refractivity contribution in [3.63, 3.8) is 0 Å². The van der Waals surface area contributed by atoms with E-state index in [4.69, 9.17) is 4.74 Å². The molecule has 1 amide bonds. The van der Waals surface area contributed by atoms with E-state index in [1.165, 1.54) is 16.4 Å². The number of hydrogen-bond donors (Lipinski definition) is 1. The van der Waals surface area contributed by atoms with Gasteiger partial charge in [-0.1, -0.05) is 24.3 Å². The fourth-order valence-electron chi connectivity index (χ4n) is 3.41. The van der Waals surface area contributed by atoms with Gasteiger partial charge in [-0.15, -0.1) is 0 Å². The molecule has 1 aliphatic heterocycles. The van der Waals surface area contributed by atoms with E-state index in [9.17, 15) is 17.6 Å². The molecule has 6 nitrogen and oxygen atoms in total. The van der Waals surface area contributed by atoms with Crippen molar-refractivity contribution in [1.82, 2.24) is 9.62 Å². The van der Waals surface area contributed by atoms with Crippen LogP contribution in [0.1, 0.15) is 23.6 Å². The van der Waals surface area contributed by atoms with Crippen LogP contribution < -0.4 is 5.32 Å². The van der Waals surface area contributed by atoms with Crippen LogP contribution in [0.25, 0.3) is 0 Å². The summed E-state index contributed by atoms with van der Waals surface area (Å²) in [6.07, 6.45) is 0.555. The Morgan fingerprint density at radius 2 is 1.93 bits per heavy atom. The molecule has 1 atom stereocenters. The molecule has 0 saturated carbocycles. The van der Waals surface area contributed by atoms with Gasteiger partial charge in [-0.25, -0.2) is 12.8 Å². The van der Waals surface area contributed by atoms with Gasteiger partial charge in [0.25, 0.3) is 0 Å². The first-order chi connectivity index (χ1) is 13.4. The van der Waals surface area contributed by atoms with E-state index in [0.29, 0.717) is 19.6 Å². The van der Waals surface area contributed by atoms with Gasteiger partial charge in [0, 0.05) is 26.6 Å². The predicted molar refractivity (Wildman–Crippen MR) is 103 cm³/mol. The predicted octanol–water partition coefficient (Wildman–Crippen LogP) is 2.27. The Hall–Kier alpha value is -2.29. The smallest absolute Gasteiger partial charge is 0.243 e. The highest BCUT2D eigenvalue weighted by Gasteiger charge is 2.37. The van der Waals surface area contributed by atoms with Crippen molar-refractivity contribution in [2.75, 3.05) is 26.8 Å². The summed E-state index contributed by atoms with van der Waals surface area (Å²) in [5.74, 6) is -0.755. The zero-order valence-corrected chi connectivity index (χ0v) is 16.4. The van der Waals surface area contributed by atoms with Gasteiger partial charge in [0.05, 0.1) is 17.5 Å². The lowest BCUT2D eigenvalue weighted by molar-refractivity contribution is -0.122. The normalized spacial score (nSPS) is 17.1. The first kappa shape index (κ1) is 20.4. The monoisotopic (exact) mass is 406 g/mol. The van der Waals surface area contributed by atoms with E-state index in [-0.39, 0.29) is 23.8 Å². The van der Waals surface area contributed by atoms with Crippen molar-refractivity contribution in [1.29, 1.82) is 0 Å². The van der Waals surface area contributed by atoms with Crippen LogP contribution in [0, 0.1) is 5.82 Å². The minimum atomic E-state index is -3.88. The average molecular weight is 406 g/mol. The van der Waals surface area contributed by atoms with Gasteiger partial charge in [-0.05, 0) is 41.8 Å². The Labute approximate surface area is 164 Å². The summed E-state index contributed by atoms with van der Waals surface area (Å²) in [6, 6.07) is 11.7. The van der Waals surface area contributed by atoms with Crippen molar-refractivity contribution in [2.45, 2.75) is 23.8 Å². The number of fused-ring (bicyclic) bond motifs is 1. The Morgan fingerprint density at radius 3 is 2.64 bits per heavy atom. The van der Waals surface area contributed by atoms with Crippen LogP contribution in [0.5, 0.6) is 0 Å². The second-order valence-electron chi connectivity index (χ2n) is 6.58. The van der Waals surface area contributed by atoms with Gasteiger partial charge in [-0.2, -0.15) is 4.31 Å². The van der Waals surface area contributed by atoms with E-state index in [0.717, 1.165) is 23.3 Å². The summed E-state index contributed by atoms with van der Waals surface area (Å²) in [4.78, 5) is 12.4. The lowest BCUT2D eigenvalue weighted by Gasteiger charge is -2.36. The molecular weight excluding hydrogens is 383 g/mol. The van der Waals surface area contributed by atoms with Gasteiger partial charge in [0.15, 0.2) is 0 Å². The summed E-state index contributed by atoms with van der Waals surface area (Å²) in [7, 11) is -2.34. The minimum absolute atomic E-state index is 0.00114. The number of ether oxygens (including phenoxy) is 1. The Bertz CT molecular complexity index is 931. The number of carbonyl (C=O) groups is 1. The number of benzene rings is 2. The number of nitrogens with zero attached hydrogens (tertiary/aromatic N) is 1. The number of amides is 1. The number of carbonyl (C=O) groups excluding carboxylic acids is 1. The largest absolute Gasteiger partial charge is 0.383 e. The number of methoxy groups -OCH3 is 1. The van der Waals surface area contributed by atoms with Crippen LogP contribution in [0.2, 0.25) is 0 Å². The third-order valence-electron chi connectivity index (χ3n) is 4.79. The molecule has 0 aliphatic carbocycles. The molecule has 0 aromatic heterocycles. The summed E-state index contributed by atoms with van der Waals surface area (Å²) < 4.78 is 45.9. The molecule has 150 valence electrons. The number of rotatable bonds is 7. The van der Waals surface area contributed by atoms with Gasteiger partial charge >= 0.3 is 0 Å². The van der Waals surface area contributed by atoms with Crippen LogP contribution in [0.15, 0.2) is 53.4 Å². The summed E-state index contributed by atoms with van der Waals surface area (Å²) in [6.45, 7) is 0.992. The third-order valence-corrected chi connectivity index (χ3v) is 6.71. The van der Waals surface area contributed by atoms with E-state index in [1.807, 2.05) is 24.3 Å². The molecule has 0 spiro atoms. The summed E-state index contributed by atoms with van der Waals surface area (Å²) >= 11 is 0. The molecule has 0 fully saturated rings. The van der Waals surface area contributed by atoms with E-state index in [1.54, 1.807) is 7.11 Å². The maximum absolute atomic E-state index is 13.2. The molecule has 8 heteroatoms. The number of hydrogen-bond acceptors (Lipinski definition) is 4. The fraction of sp³-hybridized carbons (Fsp3) is 0.350. The molecule has 3 rings (SSSR count). The Morgan fingerprint density at radius 1 is 1.21 bits per heavy atom. The summed E-state index contributed by atoms with van der Waals surface area (Å²) in [5, 5.41) is 2.75. The van der Waals surface area contributed by atoms with E-state index < -0.39 is 21.9 Å². The Kier molecular flexibility index (Phi) is 6.43. The molecule has 0 radical (unpaired) electrons. The molecule has 0 saturated heterocycles. The highest BCUT2D eigenvalue weighted by molar-refractivity contribution is 7.89. The van der Waals surface area contributed by atoms with Crippen LogP contribution >= 0.6 is 0 Å². The van der Waals surface area contributed by atoms with Crippen LogP contribution in [-0.4, -0.2) is 45.4 Å². The van der Waals surface area contributed by atoms with Crippen molar-refractivity contribution in [3.05, 3.63) is 65.5 Å². The molecular formula is C20H23FN2O4S. The zero-order valence-electron chi connectivity index (χ0n) is 15.6. The first-order valence-electron chi connectivity index (χ1n) is 9.04. The van der Waals surface area contributed by atoms with Gasteiger partial charge in [0.1, 0.15) is 5.82 Å². The van der Waals surface area contributed by atoms with Crippen LogP contribution in [-0.2, 0) is 26.0 Å². The third kappa shape index (κ3) is 4.40. The van der Waals surface area contributed by atoms with Gasteiger partial charge in [0.2, 0.25) is 15.9 Å². The second kappa shape index (κ2) is 8.81. The fourth-order valence-corrected chi connectivity index (χ4v) is 5.02. The molecule has 1 heterocycles. The number of sulfonamides is 1. The van der Waals surface area contributed by atoms with E-state index in [2.05, 4.69) is 5.32 Å². The van der Waals surface area contributed by atoms with Crippen molar-refractivity contribution < 1.29 is 22.3 Å². The standard InChI is InChI=1S/C20H23FN2O4S/c1-27-13-11-22-20(24)14-19-18-5-3-2-4-15(18)10-12-23(19)28(25,26)17-8-6-16(21)7-9-17/h2-9,19H,10-14H2,1H3,(H,22,24). The van der Waals surface area contributed by atoms with E-state index >= 15 is 0 Å². The molecule has 1 aliphatic rings. The van der Waals surface area contributed by atoms with Crippen molar-refractivity contribution >= 4 is 15.9 Å². The quantitative estimate of drug-likeness (QED) is 0.716. The van der Waals surface area contributed by atoms with Gasteiger partial charge < -0.3 is 10.1 Å². The summed E-state index contributed by atoms with van der Waals surface area (Å²) in [5.41, 5.74) is 1.85. The molecule has 1 unspecified atom stereocenters. The molecule has 28 heavy (non-hydrogen) atoms. The molecule has 0 bridgehead atoms. The highest BCUT2D eigenvalue weighted by atomic mass is 32.2. The number of nitrogens with one attached hydrogen (secondary N) is 1. The SMILES string of the molecule is COCCNC(=O)CC1c2ccccc2CCN1S(=O)(=O)c1ccc(F)cc1. The number of halogens is 1. The topological polar surface area (TPSA) is 75.7 Å². The molecule has 2 aromatic rings.